The second kappa shape index (κ2) is 6.83. The van der Waals surface area contributed by atoms with Crippen molar-refractivity contribution in [3.63, 3.8) is 0 Å². The van der Waals surface area contributed by atoms with Crippen LogP contribution in [0.2, 0.25) is 0 Å². The maximum absolute atomic E-state index is 12.6. The van der Waals surface area contributed by atoms with Crippen LogP contribution in [0.3, 0.4) is 0 Å². The predicted molar refractivity (Wildman–Crippen MR) is 91.0 cm³/mol. The lowest BCUT2D eigenvalue weighted by atomic mass is 10.1. The number of anilines is 1. The Labute approximate surface area is 137 Å². The van der Waals surface area contributed by atoms with Gasteiger partial charge in [0.05, 0.1) is 17.0 Å². The lowest BCUT2D eigenvalue weighted by molar-refractivity contribution is -0.119. The van der Waals surface area contributed by atoms with Gasteiger partial charge in [0.25, 0.3) is 10.0 Å². The molecule has 0 aliphatic rings. The highest BCUT2D eigenvalue weighted by Gasteiger charge is 2.21. The molecule has 0 aromatic heterocycles. The number of nitrogens with one attached hydrogen (secondary N) is 1. The van der Waals surface area contributed by atoms with Crippen LogP contribution in [-0.2, 0) is 21.2 Å². The highest BCUT2D eigenvalue weighted by Crippen LogP contribution is 2.22. The number of benzene rings is 2. The van der Waals surface area contributed by atoms with Gasteiger partial charge in [0.1, 0.15) is 0 Å². The molecule has 2 aromatic carbocycles. The molecule has 23 heavy (non-hydrogen) atoms. The van der Waals surface area contributed by atoms with E-state index in [2.05, 4.69) is 5.32 Å². The monoisotopic (exact) mass is 332 g/mol. The topological polar surface area (TPSA) is 66.5 Å². The number of nitrogens with zero attached hydrogens (tertiary/aromatic N) is 1. The van der Waals surface area contributed by atoms with Crippen molar-refractivity contribution in [2.24, 2.45) is 0 Å². The van der Waals surface area contributed by atoms with Gasteiger partial charge in [-0.25, -0.2) is 8.42 Å². The quantitative estimate of drug-likeness (QED) is 0.912. The Bertz CT molecular complexity index is 782. The molecule has 0 unspecified atom stereocenters. The Hall–Kier alpha value is -2.34. The Morgan fingerprint density at radius 2 is 1.61 bits per heavy atom. The van der Waals surface area contributed by atoms with E-state index in [1.165, 1.54) is 11.4 Å². The molecule has 0 aliphatic heterocycles. The van der Waals surface area contributed by atoms with E-state index in [0.29, 0.717) is 5.69 Å². The van der Waals surface area contributed by atoms with Crippen molar-refractivity contribution in [2.75, 3.05) is 18.4 Å². The lowest BCUT2D eigenvalue weighted by Gasteiger charge is -2.20. The maximum Gasteiger partial charge on any atom is 0.264 e. The van der Waals surface area contributed by atoms with Gasteiger partial charge in [-0.15, -0.1) is 0 Å². The summed E-state index contributed by atoms with van der Waals surface area (Å²) in [5.74, 6) is -0.0848. The smallest absolute Gasteiger partial charge is 0.264 e. The number of hydrogen-bond donors (Lipinski definition) is 1. The van der Waals surface area contributed by atoms with E-state index in [-0.39, 0.29) is 17.2 Å². The summed E-state index contributed by atoms with van der Waals surface area (Å²) in [4.78, 5) is 11.6. The number of carbonyl (C=O) groups excluding carboxylic acids is 1. The zero-order chi connectivity index (χ0) is 17.0. The molecule has 0 atom stereocenters. The second-order valence-corrected chi connectivity index (χ2v) is 7.27. The first-order valence-electron chi connectivity index (χ1n) is 7.19. The fourth-order valence-electron chi connectivity index (χ4n) is 2.10. The molecule has 2 rings (SSSR count). The minimum atomic E-state index is -3.60. The minimum Gasteiger partial charge on any atom is -0.359 e. The lowest BCUT2D eigenvalue weighted by Crippen LogP contribution is -2.26. The first-order chi connectivity index (χ1) is 10.8. The molecule has 0 aliphatic carbocycles. The zero-order valence-electron chi connectivity index (χ0n) is 13.4. The summed E-state index contributed by atoms with van der Waals surface area (Å²) in [5.41, 5.74) is 2.38. The third-order valence-electron chi connectivity index (χ3n) is 3.62. The molecule has 0 saturated heterocycles. The van der Waals surface area contributed by atoms with Crippen LogP contribution in [0.4, 0.5) is 5.69 Å². The van der Waals surface area contributed by atoms with Gasteiger partial charge in [-0.2, -0.15) is 0 Å². The fourth-order valence-corrected chi connectivity index (χ4v) is 3.30. The second-order valence-electron chi connectivity index (χ2n) is 5.30. The van der Waals surface area contributed by atoms with Gasteiger partial charge in [-0.3, -0.25) is 9.10 Å². The van der Waals surface area contributed by atoms with Crippen LogP contribution in [0.15, 0.2) is 53.4 Å². The summed E-state index contributed by atoms with van der Waals surface area (Å²) >= 11 is 0. The van der Waals surface area contributed by atoms with Crippen molar-refractivity contribution in [2.45, 2.75) is 18.2 Å². The van der Waals surface area contributed by atoms with Crippen LogP contribution in [0.5, 0.6) is 0 Å². The largest absolute Gasteiger partial charge is 0.359 e. The van der Waals surface area contributed by atoms with E-state index in [0.717, 1.165) is 11.1 Å². The Kier molecular flexibility index (Phi) is 5.05. The molecule has 0 saturated carbocycles. The van der Waals surface area contributed by atoms with Crippen LogP contribution in [0, 0.1) is 6.92 Å². The third-order valence-corrected chi connectivity index (χ3v) is 5.42. The molecule has 1 amide bonds. The average Bonchev–Trinajstić information content (AvgIpc) is 2.55. The van der Waals surface area contributed by atoms with Gasteiger partial charge >= 0.3 is 0 Å². The number of aryl methyl sites for hydroxylation is 1. The molecule has 0 bridgehead atoms. The number of carbonyl (C=O) groups is 1. The van der Waals surface area contributed by atoms with Crippen molar-refractivity contribution in [1.29, 1.82) is 0 Å². The minimum absolute atomic E-state index is 0.0848. The number of amides is 1. The summed E-state index contributed by atoms with van der Waals surface area (Å²) in [5, 5.41) is 2.56. The Morgan fingerprint density at radius 1 is 1.04 bits per heavy atom. The van der Waals surface area contributed by atoms with Gasteiger partial charge in [0.15, 0.2) is 0 Å². The van der Waals surface area contributed by atoms with Crippen LogP contribution in [0.25, 0.3) is 0 Å². The first kappa shape index (κ1) is 17.0. The maximum atomic E-state index is 12.6. The molecule has 6 heteroatoms. The van der Waals surface area contributed by atoms with Crippen molar-refractivity contribution in [1.82, 2.24) is 5.32 Å². The summed E-state index contributed by atoms with van der Waals surface area (Å²) in [7, 11) is -0.497. The summed E-state index contributed by atoms with van der Waals surface area (Å²) < 4.78 is 26.5. The predicted octanol–water partition coefficient (Wildman–Crippen LogP) is 2.11. The van der Waals surface area contributed by atoms with Crippen LogP contribution < -0.4 is 9.62 Å². The van der Waals surface area contributed by atoms with E-state index < -0.39 is 10.0 Å². The van der Waals surface area contributed by atoms with Crippen molar-refractivity contribution in [3.05, 3.63) is 59.7 Å². The highest BCUT2D eigenvalue weighted by atomic mass is 32.2. The summed E-state index contributed by atoms with van der Waals surface area (Å²) in [6, 6.07) is 13.6. The van der Waals surface area contributed by atoms with Crippen LogP contribution in [0.1, 0.15) is 11.1 Å². The standard InChI is InChI=1S/C17H20N2O3S/c1-13-4-10-16(11-5-13)23(21,22)19(3)15-8-6-14(7-9-15)12-17(20)18-2/h4-11H,12H2,1-3H3,(H,18,20). The molecule has 0 spiro atoms. The van der Waals surface area contributed by atoms with Crippen LogP contribution >= 0.6 is 0 Å². The van der Waals surface area contributed by atoms with E-state index in [9.17, 15) is 13.2 Å². The van der Waals surface area contributed by atoms with Gasteiger partial charge in [0.2, 0.25) is 5.91 Å². The Balaban J connectivity index is 2.23. The normalized spacial score (nSPS) is 11.1. The molecular formula is C17H20N2O3S. The van der Waals surface area contributed by atoms with Crippen LogP contribution in [-0.4, -0.2) is 28.4 Å². The molecular weight excluding hydrogens is 312 g/mol. The van der Waals surface area contributed by atoms with E-state index >= 15 is 0 Å². The molecule has 0 fully saturated rings. The molecule has 122 valence electrons. The molecule has 0 heterocycles. The fraction of sp³-hybridized carbons (Fsp3) is 0.235. The average molecular weight is 332 g/mol. The van der Waals surface area contributed by atoms with Gasteiger partial charge in [0, 0.05) is 14.1 Å². The SMILES string of the molecule is CNC(=O)Cc1ccc(N(C)S(=O)(=O)c2ccc(C)cc2)cc1. The van der Waals surface area contributed by atoms with Crippen molar-refractivity contribution < 1.29 is 13.2 Å². The number of sulfonamides is 1. The van der Waals surface area contributed by atoms with Crippen molar-refractivity contribution >= 4 is 21.6 Å². The van der Waals surface area contributed by atoms with Gasteiger partial charge < -0.3 is 5.32 Å². The number of hydrogen-bond acceptors (Lipinski definition) is 3. The van der Waals surface area contributed by atoms with E-state index in [1.807, 2.05) is 6.92 Å². The highest BCUT2D eigenvalue weighted by molar-refractivity contribution is 7.92. The molecule has 1 N–H and O–H groups in total. The molecule has 0 radical (unpaired) electrons. The Morgan fingerprint density at radius 3 is 2.13 bits per heavy atom. The van der Waals surface area contributed by atoms with Crippen molar-refractivity contribution in [3.8, 4) is 0 Å². The number of rotatable bonds is 5. The molecule has 2 aromatic rings. The van der Waals surface area contributed by atoms with E-state index in [4.69, 9.17) is 0 Å². The van der Waals surface area contributed by atoms with E-state index in [1.54, 1.807) is 55.6 Å². The number of likely N-dealkylation sites (N-methyl/N-ethyl adjacent to an activating group) is 1. The molecule has 5 nitrogen and oxygen atoms in total. The first-order valence-corrected chi connectivity index (χ1v) is 8.63. The van der Waals surface area contributed by atoms with Gasteiger partial charge in [-0.1, -0.05) is 29.8 Å². The summed E-state index contributed by atoms with van der Waals surface area (Å²) in [6.45, 7) is 1.91. The van der Waals surface area contributed by atoms with Gasteiger partial charge in [-0.05, 0) is 36.8 Å². The zero-order valence-corrected chi connectivity index (χ0v) is 14.2. The third kappa shape index (κ3) is 3.90. The summed E-state index contributed by atoms with van der Waals surface area (Å²) in [6.07, 6.45) is 0.269.